The molecule has 1 N–H and O–H groups in total. The van der Waals surface area contributed by atoms with Crippen molar-refractivity contribution in [2.45, 2.75) is 51.0 Å². The zero-order chi connectivity index (χ0) is 10.3. The van der Waals surface area contributed by atoms with Crippen molar-refractivity contribution in [3.8, 4) is 0 Å². The second-order valence-corrected chi connectivity index (χ2v) is 4.40. The lowest BCUT2D eigenvalue weighted by Crippen LogP contribution is -2.31. The monoisotopic (exact) mass is 207 g/mol. The van der Waals surface area contributed by atoms with E-state index >= 15 is 0 Å². The van der Waals surface area contributed by atoms with E-state index in [0.29, 0.717) is 18.2 Å². The number of imidazole rings is 1. The minimum atomic E-state index is 0.414. The van der Waals surface area contributed by atoms with Crippen molar-refractivity contribution in [2.75, 3.05) is 5.32 Å². The molecule has 0 aromatic carbocycles. The second-order valence-electron chi connectivity index (χ2n) is 4.40. The summed E-state index contributed by atoms with van der Waals surface area (Å²) in [6, 6.07) is 0.469. The van der Waals surface area contributed by atoms with Crippen LogP contribution in [0.1, 0.15) is 26.2 Å². The van der Waals surface area contributed by atoms with Gasteiger partial charge in [-0.2, -0.15) is 0 Å². The van der Waals surface area contributed by atoms with E-state index in [-0.39, 0.29) is 0 Å². The van der Waals surface area contributed by atoms with E-state index in [4.69, 9.17) is 4.74 Å². The summed E-state index contributed by atoms with van der Waals surface area (Å²) in [5.41, 5.74) is 0. The fraction of sp³-hybridized carbons (Fsp3) is 0.727. The molecule has 4 heteroatoms. The van der Waals surface area contributed by atoms with Crippen molar-refractivity contribution in [2.24, 2.45) is 0 Å². The highest BCUT2D eigenvalue weighted by Crippen LogP contribution is 2.35. The molecule has 3 atom stereocenters. The summed E-state index contributed by atoms with van der Waals surface area (Å²) in [6.45, 7) is 3.09. The molecule has 1 aromatic heterocycles. The van der Waals surface area contributed by atoms with E-state index in [0.717, 1.165) is 18.9 Å². The zero-order valence-electron chi connectivity index (χ0n) is 9.02. The number of hydrogen-bond donors (Lipinski definition) is 1. The van der Waals surface area contributed by atoms with Crippen LogP contribution in [0.25, 0.3) is 0 Å². The Hall–Kier alpha value is -1.03. The predicted octanol–water partition coefficient (Wildman–Crippen LogP) is 1.63. The summed E-state index contributed by atoms with van der Waals surface area (Å²) < 4.78 is 7.94. The van der Waals surface area contributed by atoms with Crippen LogP contribution in [-0.4, -0.2) is 27.8 Å². The third-order valence-electron chi connectivity index (χ3n) is 3.48. The summed E-state index contributed by atoms with van der Waals surface area (Å²) in [4.78, 5) is 4.33. The third-order valence-corrected chi connectivity index (χ3v) is 3.48. The fourth-order valence-corrected chi connectivity index (χ4v) is 2.66. The van der Waals surface area contributed by atoms with Gasteiger partial charge in [0.25, 0.3) is 0 Å². The van der Waals surface area contributed by atoms with Crippen molar-refractivity contribution in [3.63, 3.8) is 0 Å². The minimum absolute atomic E-state index is 0.414. The molecular formula is C11H17N3O. The molecule has 4 nitrogen and oxygen atoms in total. The van der Waals surface area contributed by atoms with Crippen LogP contribution in [0.5, 0.6) is 0 Å². The highest BCUT2D eigenvalue weighted by atomic mass is 16.5. The Morgan fingerprint density at radius 2 is 2.53 bits per heavy atom. The zero-order valence-corrected chi connectivity index (χ0v) is 9.02. The van der Waals surface area contributed by atoms with E-state index in [1.54, 1.807) is 0 Å². The van der Waals surface area contributed by atoms with Gasteiger partial charge in [0.15, 0.2) is 0 Å². The normalized spacial score (nSPS) is 33.5. The first-order chi connectivity index (χ1) is 7.36. The number of fused-ring (bicyclic) bond motifs is 2. The average molecular weight is 207 g/mol. The topological polar surface area (TPSA) is 39.1 Å². The van der Waals surface area contributed by atoms with Crippen LogP contribution >= 0.6 is 0 Å². The summed E-state index contributed by atoms with van der Waals surface area (Å²) in [5.74, 6) is 0.985. The largest absolute Gasteiger partial charge is 0.373 e. The Kier molecular flexibility index (Phi) is 2.16. The maximum atomic E-state index is 5.81. The fourth-order valence-electron chi connectivity index (χ4n) is 2.66. The van der Waals surface area contributed by atoms with Gasteiger partial charge in [-0.1, -0.05) is 0 Å². The molecule has 2 aliphatic heterocycles. The number of nitrogens with one attached hydrogen (secondary N) is 1. The summed E-state index contributed by atoms with van der Waals surface area (Å²) in [5, 5.41) is 3.50. The molecule has 82 valence electrons. The van der Waals surface area contributed by atoms with Crippen molar-refractivity contribution in [3.05, 3.63) is 12.4 Å². The average Bonchev–Trinajstić information content (AvgIpc) is 2.92. The van der Waals surface area contributed by atoms with Gasteiger partial charge < -0.3 is 14.6 Å². The van der Waals surface area contributed by atoms with Crippen LogP contribution in [0.2, 0.25) is 0 Å². The van der Waals surface area contributed by atoms with Crippen molar-refractivity contribution in [1.29, 1.82) is 0 Å². The Morgan fingerprint density at radius 1 is 1.60 bits per heavy atom. The first kappa shape index (κ1) is 9.21. The number of nitrogens with zero attached hydrogens (tertiary/aromatic N) is 2. The van der Waals surface area contributed by atoms with E-state index in [9.17, 15) is 0 Å². The number of rotatable bonds is 3. The Bertz CT molecular complexity index is 349. The van der Waals surface area contributed by atoms with E-state index in [1.165, 1.54) is 12.8 Å². The van der Waals surface area contributed by atoms with Gasteiger partial charge in [0.2, 0.25) is 5.95 Å². The summed E-state index contributed by atoms with van der Waals surface area (Å²) >= 11 is 0. The van der Waals surface area contributed by atoms with Crippen molar-refractivity contribution < 1.29 is 4.74 Å². The highest BCUT2D eigenvalue weighted by Gasteiger charge is 2.41. The van der Waals surface area contributed by atoms with Gasteiger partial charge in [0.05, 0.1) is 18.2 Å². The van der Waals surface area contributed by atoms with Gasteiger partial charge >= 0.3 is 0 Å². The van der Waals surface area contributed by atoms with E-state index in [1.807, 2.05) is 12.4 Å². The molecule has 0 radical (unpaired) electrons. The first-order valence-electron chi connectivity index (χ1n) is 5.80. The number of anilines is 1. The number of aryl methyl sites for hydroxylation is 1. The minimum Gasteiger partial charge on any atom is -0.373 e. The van der Waals surface area contributed by atoms with Crippen LogP contribution in [0.4, 0.5) is 5.95 Å². The molecule has 0 saturated carbocycles. The van der Waals surface area contributed by atoms with Gasteiger partial charge in [-0.05, 0) is 26.2 Å². The molecule has 1 aromatic rings. The first-order valence-corrected chi connectivity index (χ1v) is 5.80. The molecule has 2 fully saturated rings. The lowest BCUT2D eigenvalue weighted by atomic mass is 9.96. The van der Waals surface area contributed by atoms with Crippen molar-refractivity contribution >= 4 is 5.95 Å². The van der Waals surface area contributed by atoms with Crippen LogP contribution in [0, 0.1) is 0 Å². The number of ether oxygens (including phenoxy) is 1. The highest BCUT2D eigenvalue weighted by molar-refractivity contribution is 5.29. The molecule has 3 heterocycles. The van der Waals surface area contributed by atoms with E-state index < -0.39 is 0 Å². The van der Waals surface area contributed by atoms with Gasteiger partial charge in [0.1, 0.15) is 0 Å². The van der Waals surface area contributed by atoms with E-state index in [2.05, 4.69) is 21.8 Å². The molecule has 2 aliphatic rings. The molecule has 3 unspecified atom stereocenters. The predicted molar refractivity (Wildman–Crippen MR) is 57.8 cm³/mol. The van der Waals surface area contributed by atoms with Crippen LogP contribution in [0.15, 0.2) is 12.4 Å². The lowest BCUT2D eigenvalue weighted by Gasteiger charge is -2.20. The molecule has 15 heavy (non-hydrogen) atoms. The van der Waals surface area contributed by atoms with Crippen LogP contribution in [-0.2, 0) is 11.3 Å². The van der Waals surface area contributed by atoms with Gasteiger partial charge in [-0.25, -0.2) is 4.98 Å². The SMILES string of the molecule is CCn1ccnc1NC1CC2CCC1O2. The lowest BCUT2D eigenvalue weighted by molar-refractivity contribution is 0.102. The standard InChI is InChI=1S/C11H17N3O/c1-2-14-6-5-12-11(14)13-9-7-8-3-4-10(9)15-8/h5-6,8-10H,2-4,7H2,1H3,(H,12,13). The maximum absolute atomic E-state index is 5.81. The molecular weight excluding hydrogens is 190 g/mol. The number of aromatic nitrogens is 2. The number of hydrogen-bond acceptors (Lipinski definition) is 3. The quantitative estimate of drug-likeness (QED) is 0.819. The van der Waals surface area contributed by atoms with Crippen LogP contribution < -0.4 is 5.32 Å². The molecule has 2 bridgehead atoms. The smallest absolute Gasteiger partial charge is 0.203 e. The molecule has 0 amide bonds. The second kappa shape index (κ2) is 3.52. The Morgan fingerprint density at radius 3 is 3.20 bits per heavy atom. The molecule has 3 rings (SSSR count). The summed E-state index contributed by atoms with van der Waals surface area (Å²) in [6.07, 6.45) is 8.35. The molecule has 0 aliphatic carbocycles. The Balaban J connectivity index is 1.70. The van der Waals surface area contributed by atoms with Crippen LogP contribution in [0.3, 0.4) is 0 Å². The third kappa shape index (κ3) is 1.53. The maximum Gasteiger partial charge on any atom is 0.203 e. The Labute approximate surface area is 89.6 Å². The summed E-state index contributed by atoms with van der Waals surface area (Å²) in [7, 11) is 0. The molecule has 0 spiro atoms. The van der Waals surface area contributed by atoms with Gasteiger partial charge in [0, 0.05) is 18.9 Å². The van der Waals surface area contributed by atoms with Gasteiger partial charge in [-0.3, -0.25) is 0 Å². The molecule has 2 saturated heterocycles. The van der Waals surface area contributed by atoms with Crippen molar-refractivity contribution in [1.82, 2.24) is 9.55 Å². The van der Waals surface area contributed by atoms with Gasteiger partial charge in [-0.15, -0.1) is 0 Å².